The molecule has 1 unspecified atom stereocenters. The lowest BCUT2D eigenvalue weighted by atomic mass is 10.0. The fourth-order valence-electron chi connectivity index (χ4n) is 2.95. The molecule has 132 valence electrons. The second kappa shape index (κ2) is 8.68. The highest BCUT2D eigenvalue weighted by Gasteiger charge is 2.23. The fourth-order valence-corrected chi connectivity index (χ4v) is 3.27. The molecule has 0 aromatic heterocycles. The Labute approximate surface area is 157 Å². The Balaban J connectivity index is 1.73. The van der Waals surface area contributed by atoms with Crippen LogP contribution in [0.5, 0.6) is 0 Å². The number of nitrogens with one attached hydrogen (secondary N) is 1. The second-order valence-electron chi connectivity index (χ2n) is 5.94. The second-order valence-corrected chi connectivity index (χ2v) is 6.81. The average Bonchev–Trinajstić information content (AvgIpc) is 2.64. The molecule has 25 heavy (non-hydrogen) atoms. The molecule has 1 aliphatic heterocycles. The van der Waals surface area contributed by atoms with Crippen LogP contribution in [-0.2, 0) is 4.74 Å². The van der Waals surface area contributed by atoms with E-state index < -0.39 is 0 Å². The topological polar surface area (TPSA) is 41.6 Å². The number of nitrogens with zero attached hydrogens (tertiary/aromatic N) is 1. The zero-order chi connectivity index (χ0) is 17.6. The van der Waals surface area contributed by atoms with Gasteiger partial charge in [0.15, 0.2) is 0 Å². The van der Waals surface area contributed by atoms with E-state index in [1.165, 1.54) is 0 Å². The first-order valence-corrected chi connectivity index (χ1v) is 9.00. The minimum absolute atomic E-state index is 0.0734. The summed E-state index contributed by atoms with van der Waals surface area (Å²) < 4.78 is 5.45. The SMILES string of the molecule is O=C(NCC(c1ccc(Cl)cc1)N1CCOCC1)c1cccc(Cl)c1. The van der Waals surface area contributed by atoms with Gasteiger partial charge in [-0.2, -0.15) is 0 Å². The molecule has 2 aromatic rings. The molecule has 2 aromatic carbocycles. The highest BCUT2D eigenvalue weighted by molar-refractivity contribution is 6.31. The maximum absolute atomic E-state index is 12.4. The van der Waals surface area contributed by atoms with E-state index in [2.05, 4.69) is 10.2 Å². The summed E-state index contributed by atoms with van der Waals surface area (Å²) >= 11 is 12.0. The Bertz CT molecular complexity index is 716. The van der Waals surface area contributed by atoms with Crippen molar-refractivity contribution in [1.82, 2.24) is 10.2 Å². The van der Waals surface area contributed by atoms with Crippen molar-refractivity contribution in [3.05, 3.63) is 69.7 Å². The van der Waals surface area contributed by atoms with Crippen LogP contribution in [0.3, 0.4) is 0 Å². The summed E-state index contributed by atoms with van der Waals surface area (Å²) in [7, 11) is 0. The van der Waals surface area contributed by atoms with Gasteiger partial charge >= 0.3 is 0 Å². The molecule has 6 heteroatoms. The van der Waals surface area contributed by atoms with E-state index in [-0.39, 0.29) is 11.9 Å². The smallest absolute Gasteiger partial charge is 0.251 e. The monoisotopic (exact) mass is 378 g/mol. The van der Waals surface area contributed by atoms with Crippen LogP contribution in [-0.4, -0.2) is 43.7 Å². The van der Waals surface area contributed by atoms with E-state index in [0.29, 0.717) is 35.4 Å². The number of carbonyl (C=O) groups is 1. The van der Waals surface area contributed by atoms with Crippen LogP contribution in [0.2, 0.25) is 10.0 Å². The number of rotatable bonds is 5. The van der Waals surface area contributed by atoms with E-state index >= 15 is 0 Å². The van der Waals surface area contributed by atoms with Crippen molar-refractivity contribution in [2.75, 3.05) is 32.8 Å². The number of morpholine rings is 1. The predicted molar refractivity (Wildman–Crippen MR) is 100 cm³/mol. The standard InChI is InChI=1S/C19H20Cl2N2O2/c20-16-6-4-14(5-7-16)18(23-8-10-25-11-9-23)13-22-19(24)15-2-1-3-17(21)12-15/h1-7,12,18H,8-11,13H2,(H,22,24). The van der Waals surface area contributed by atoms with Gasteiger partial charge in [-0.1, -0.05) is 41.4 Å². The largest absolute Gasteiger partial charge is 0.379 e. The van der Waals surface area contributed by atoms with Crippen LogP contribution in [0.25, 0.3) is 0 Å². The summed E-state index contributed by atoms with van der Waals surface area (Å²) in [5.41, 5.74) is 1.68. The van der Waals surface area contributed by atoms with Gasteiger partial charge in [0.05, 0.1) is 19.3 Å². The van der Waals surface area contributed by atoms with Crippen molar-refractivity contribution in [3.8, 4) is 0 Å². The highest BCUT2D eigenvalue weighted by Crippen LogP contribution is 2.23. The Morgan fingerprint density at radius 2 is 1.80 bits per heavy atom. The zero-order valence-corrected chi connectivity index (χ0v) is 15.3. The van der Waals surface area contributed by atoms with Crippen molar-refractivity contribution in [3.63, 3.8) is 0 Å². The molecule has 0 saturated carbocycles. The van der Waals surface area contributed by atoms with Crippen LogP contribution in [0, 0.1) is 0 Å². The summed E-state index contributed by atoms with van der Waals surface area (Å²) in [6.45, 7) is 3.58. The lowest BCUT2D eigenvalue weighted by Crippen LogP contribution is -2.43. The number of halogens is 2. The van der Waals surface area contributed by atoms with E-state index in [1.54, 1.807) is 24.3 Å². The first kappa shape index (κ1) is 18.2. The molecule has 0 spiro atoms. The molecule has 1 atom stereocenters. The Kier molecular flexibility index (Phi) is 6.32. The Hall–Kier alpha value is -1.59. The van der Waals surface area contributed by atoms with Gasteiger partial charge < -0.3 is 10.1 Å². The number of amides is 1. The fraction of sp³-hybridized carbons (Fsp3) is 0.316. The third-order valence-corrected chi connectivity index (χ3v) is 4.77. The summed E-state index contributed by atoms with van der Waals surface area (Å²) in [5.74, 6) is -0.130. The summed E-state index contributed by atoms with van der Waals surface area (Å²) in [6.07, 6.45) is 0. The van der Waals surface area contributed by atoms with Crippen molar-refractivity contribution in [1.29, 1.82) is 0 Å². The van der Waals surface area contributed by atoms with Gasteiger partial charge in [-0.05, 0) is 35.9 Å². The molecule has 0 bridgehead atoms. The number of hydrogen-bond donors (Lipinski definition) is 1. The first-order chi connectivity index (χ1) is 12.1. The zero-order valence-electron chi connectivity index (χ0n) is 13.8. The van der Waals surface area contributed by atoms with Crippen LogP contribution in [0.15, 0.2) is 48.5 Å². The Morgan fingerprint density at radius 1 is 1.08 bits per heavy atom. The molecule has 1 saturated heterocycles. The lowest BCUT2D eigenvalue weighted by molar-refractivity contribution is 0.0162. The van der Waals surface area contributed by atoms with Gasteiger partial charge in [-0.25, -0.2) is 0 Å². The number of hydrogen-bond acceptors (Lipinski definition) is 3. The average molecular weight is 379 g/mol. The van der Waals surface area contributed by atoms with Crippen LogP contribution in [0.4, 0.5) is 0 Å². The van der Waals surface area contributed by atoms with Gasteiger partial charge in [0.25, 0.3) is 5.91 Å². The van der Waals surface area contributed by atoms with E-state index in [0.717, 1.165) is 18.7 Å². The molecule has 0 aliphatic carbocycles. The highest BCUT2D eigenvalue weighted by atomic mass is 35.5. The maximum Gasteiger partial charge on any atom is 0.251 e. The third-order valence-electron chi connectivity index (χ3n) is 4.28. The van der Waals surface area contributed by atoms with Crippen molar-refractivity contribution >= 4 is 29.1 Å². The van der Waals surface area contributed by atoms with Crippen LogP contribution >= 0.6 is 23.2 Å². The van der Waals surface area contributed by atoms with Gasteiger partial charge in [0, 0.05) is 35.2 Å². The summed E-state index contributed by atoms with van der Waals surface area (Å²) in [6, 6.07) is 14.8. The molecular weight excluding hydrogens is 359 g/mol. The molecular formula is C19H20Cl2N2O2. The molecule has 4 nitrogen and oxygen atoms in total. The van der Waals surface area contributed by atoms with Crippen molar-refractivity contribution in [2.24, 2.45) is 0 Å². The molecule has 1 N–H and O–H groups in total. The molecule has 0 radical (unpaired) electrons. The number of benzene rings is 2. The number of carbonyl (C=O) groups excluding carboxylic acids is 1. The molecule has 1 heterocycles. The minimum Gasteiger partial charge on any atom is -0.379 e. The molecule has 1 fully saturated rings. The minimum atomic E-state index is -0.130. The number of ether oxygens (including phenoxy) is 1. The van der Waals surface area contributed by atoms with E-state index in [4.69, 9.17) is 27.9 Å². The van der Waals surface area contributed by atoms with Crippen molar-refractivity contribution < 1.29 is 9.53 Å². The van der Waals surface area contributed by atoms with Gasteiger partial charge in [-0.15, -0.1) is 0 Å². The molecule has 1 amide bonds. The van der Waals surface area contributed by atoms with E-state index in [9.17, 15) is 4.79 Å². The quantitative estimate of drug-likeness (QED) is 0.860. The molecule has 1 aliphatic rings. The summed E-state index contributed by atoms with van der Waals surface area (Å²) in [4.78, 5) is 14.8. The molecule has 3 rings (SSSR count). The van der Waals surface area contributed by atoms with Crippen LogP contribution in [0.1, 0.15) is 22.0 Å². The first-order valence-electron chi connectivity index (χ1n) is 8.24. The maximum atomic E-state index is 12.4. The van der Waals surface area contributed by atoms with Gasteiger partial charge in [0.2, 0.25) is 0 Å². The Morgan fingerprint density at radius 3 is 2.48 bits per heavy atom. The van der Waals surface area contributed by atoms with Gasteiger partial charge in [-0.3, -0.25) is 9.69 Å². The normalized spacial score (nSPS) is 16.4. The van der Waals surface area contributed by atoms with Crippen LogP contribution < -0.4 is 5.32 Å². The van der Waals surface area contributed by atoms with E-state index in [1.807, 2.05) is 24.3 Å². The lowest BCUT2D eigenvalue weighted by Gasteiger charge is -2.35. The third kappa shape index (κ3) is 4.95. The van der Waals surface area contributed by atoms with Crippen molar-refractivity contribution in [2.45, 2.75) is 6.04 Å². The predicted octanol–water partition coefficient (Wildman–Crippen LogP) is 3.80. The summed E-state index contributed by atoms with van der Waals surface area (Å²) in [5, 5.41) is 4.28. The van der Waals surface area contributed by atoms with Gasteiger partial charge in [0.1, 0.15) is 0 Å².